The van der Waals surface area contributed by atoms with E-state index in [1.54, 1.807) is 12.1 Å². The van der Waals surface area contributed by atoms with E-state index < -0.39 is 12.0 Å². The fourth-order valence-electron chi connectivity index (χ4n) is 4.48. The van der Waals surface area contributed by atoms with E-state index in [2.05, 4.69) is 34.3 Å². The van der Waals surface area contributed by atoms with Crippen molar-refractivity contribution >= 4 is 35.3 Å². The lowest BCUT2D eigenvalue weighted by Crippen LogP contribution is -2.46. The highest BCUT2D eigenvalue weighted by atomic mass is 16.5. The topological polar surface area (TPSA) is 142 Å². The molecule has 2 fully saturated rings. The predicted octanol–water partition coefficient (Wildman–Crippen LogP) is 3.33. The highest BCUT2D eigenvalue weighted by Gasteiger charge is 2.27. The van der Waals surface area contributed by atoms with Gasteiger partial charge in [0.15, 0.2) is 5.82 Å². The fraction of sp³-hybridized carbons (Fsp3) is 0.370. The van der Waals surface area contributed by atoms with Gasteiger partial charge in [0.25, 0.3) is 0 Å². The number of anilines is 4. The molecule has 204 valence electrons. The van der Waals surface area contributed by atoms with E-state index in [1.165, 1.54) is 24.3 Å². The Bertz CT molecular complexity index is 1280. The number of urea groups is 1. The molecule has 0 radical (unpaired) electrons. The minimum atomic E-state index is -1.03. The van der Waals surface area contributed by atoms with Crippen LogP contribution in [0.2, 0.25) is 0 Å². The van der Waals surface area contributed by atoms with E-state index in [-0.39, 0.29) is 17.6 Å². The molecule has 12 heteroatoms. The van der Waals surface area contributed by atoms with Crippen LogP contribution in [-0.2, 0) is 9.47 Å². The summed E-state index contributed by atoms with van der Waals surface area (Å²) >= 11 is 0. The average molecular weight is 534 g/mol. The minimum absolute atomic E-state index is 0.134. The van der Waals surface area contributed by atoms with Crippen molar-refractivity contribution in [2.45, 2.75) is 25.9 Å². The number of rotatable bonds is 6. The zero-order valence-corrected chi connectivity index (χ0v) is 21.8. The van der Waals surface area contributed by atoms with Crippen LogP contribution in [-0.4, -0.2) is 83.7 Å². The van der Waals surface area contributed by atoms with Crippen LogP contribution in [0.25, 0.3) is 11.4 Å². The summed E-state index contributed by atoms with van der Waals surface area (Å²) in [5.74, 6) is 0.740. The minimum Gasteiger partial charge on any atom is -0.478 e. The van der Waals surface area contributed by atoms with Crippen LogP contribution in [0.3, 0.4) is 0 Å². The number of benzene rings is 2. The molecule has 5 rings (SSSR count). The van der Waals surface area contributed by atoms with Crippen LogP contribution in [0.1, 0.15) is 24.2 Å². The van der Waals surface area contributed by atoms with Gasteiger partial charge in [-0.2, -0.15) is 15.0 Å². The molecule has 39 heavy (non-hydrogen) atoms. The number of carboxylic acids is 1. The van der Waals surface area contributed by atoms with Crippen molar-refractivity contribution in [1.82, 2.24) is 15.0 Å². The van der Waals surface area contributed by atoms with E-state index in [0.717, 1.165) is 5.56 Å². The fourth-order valence-corrected chi connectivity index (χ4v) is 4.48. The number of nitrogens with zero attached hydrogens (tertiary/aromatic N) is 5. The Morgan fingerprint density at radius 1 is 0.795 bits per heavy atom. The highest BCUT2D eigenvalue weighted by molar-refractivity contribution is 6.00. The summed E-state index contributed by atoms with van der Waals surface area (Å²) in [4.78, 5) is 42.2. The van der Waals surface area contributed by atoms with E-state index >= 15 is 0 Å². The van der Waals surface area contributed by atoms with Crippen LogP contribution < -0.4 is 20.4 Å². The number of aromatic carboxylic acids is 1. The van der Waals surface area contributed by atoms with Gasteiger partial charge in [-0.05, 0) is 62.4 Å². The summed E-state index contributed by atoms with van der Waals surface area (Å²) < 4.78 is 11.2. The monoisotopic (exact) mass is 533 g/mol. The highest BCUT2D eigenvalue weighted by Crippen LogP contribution is 2.26. The molecular formula is C27H31N7O5. The Hall–Kier alpha value is -4.29. The van der Waals surface area contributed by atoms with Gasteiger partial charge in [-0.1, -0.05) is 0 Å². The molecular weight excluding hydrogens is 502 g/mol. The number of ether oxygens (including phenoxy) is 2. The summed E-state index contributed by atoms with van der Waals surface area (Å²) in [6, 6.07) is 13.0. The Morgan fingerprint density at radius 2 is 1.28 bits per heavy atom. The Kier molecular flexibility index (Phi) is 7.84. The lowest BCUT2D eigenvalue weighted by Gasteiger charge is -2.36. The van der Waals surface area contributed by atoms with Gasteiger partial charge in [0, 0.05) is 30.0 Å². The zero-order chi connectivity index (χ0) is 27.4. The Labute approximate surface area is 226 Å². The van der Waals surface area contributed by atoms with Gasteiger partial charge in [-0.3, -0.25) is 0 Å². The second kappa shape index (κ2) is 11.6. The molecule has 0 unspecified atom stereocenters. The number of hydrogen-bond donors (Lipinski definition) is 3. The van der Waals surface area contributed by atoms with Crippen LogP contribution in [0.5, 0.6) is 0 Å². The second-order valence-corrected chi connectivity index (χ2v) is 9.53. The standard InChI is InChI=1S/C27H31N7O5/c1-17-15-38-13-11-33(17)25-30-23(31-26(32-25)34-12-14-39-16-18(34)2)19-3-7-21(8-4-19)28-27(37)29-22-9-5-20(6-10-22)24(35)36/h3-10,17-18H,11-16H2,1-2H3,(H,35,36)(H2,28,29,37)/t17-,18-/m0/s1. The van der Waals surface area contributed by atoms with Crippen molar-refractivity contribution in [3.63, 3.8) is 0 Å². The molecule has 0 saturated carbocycles. The summed E-state index contributed by atoms with van der Waals surface area (Å²) in [7, 11) is 0. The molecule has 1 aromatic heterocycles. The van der Waals surface area contributed by atoms with Gasteiger partial charge in [0.2, 0.25) is 11.9 Å². The van der Waals surface area contributed by atoms with Crippen molar-refractivity contribution < 1.29 is 24.2 Å². The van der Waals surface area contributed by atoms with Gasteiger partial charge >= 0.3 is 12.0 Å². The van der Waals surface area contributed by atoms with Gasteiger partial charge < -0.3 is 35.0 Å². The van der Waals surface area contributed by atoms with Gasteiger partial charge in [0.05, 0.1) is 44.1 Å². The van der Waals surface area contributed by atoms with Crippen molar-refractivity contribution in [3.05, 3.63) is 54.1 Å². The number of amides is 2. The van der Waals surface area contributed by atoms with Crippen LogP contribution in [0, 0.1) is 0 Å². The molecule has 2 aliphatic heterocycles. The number of morpholine rings is 2. The molecule has 2 atom stereocenters. The molecule has 3 N–H and O–H groups in total. The molecule has 0 spiro atoms. The molecule has 3 heterocycles. The number of aromatic nitrogens is 3. The van der Waals surface area contributed by atoms with E-state index in [9.17, 15) is 9.59 Å². The van der Waals surface area contributed by atoms with E-state index in [0.29, 0.717) is 68.6 Å². The maximum Gasteiger partial charge on any atom is 0.335 e. The van der Waals surface area contributed by atoms with Gasteiger partial charge in [-0.25, -0.2) is 9.59 Å². The Balaban J connectivity index is 1.35. The molecule has 0 bridgehead atoms. The molecule has 0 aliphatic carbocycles. The first-order chi connectivity index (χ1) is 18.9. The summed E-state index contributed by atoms with van der Waals surface area (Å²) in [6.45, 7) is 8.01. The van der Waals surface area contributed by atoms with Crippen molar-refractivity contribution in [3.8, 4) is 11.4 Å². The third-order valence-corrected chi connectivity index (χ3v) is 6.65. The second-order valence-electron chi connectivity index (χ2n) is 9.53. The molecule has 2 aliphatic rings. The zero-order valence-electron chi connectivity index (χ0n) is 21.8. The SMILES string of the molecule is C[C@H]1COCCN1c1nc(-c2ccc(NC(=O)Nc3ccc(C(=O)O)cc3)cc2)nc(N2CCOC[C@@H]2C)n1. The Morgan fingerprint density at radius 3 is 1.74 bits per heavy atom. The average Bonchev–Trinajstić information content (AvgIpc) is 2.94. The molecule has 2 amide bonds. The van der Waals surface area contributed by atoms with Crippen molar-refractivity contribution in [2.75, 3.05) is 60.0 Å². The first-order valence-corrected chi connectivity index (χ1v) is 12.8. The summed E-state index contributed by atoms with van der Waals surface area (Å²) in [5, 5.41) is 14.5. The molecule has 3 aromatic rings. The van der Waals surface area contributed by atoms with Gasteiger partial charge in [-0.15, -0.1) is 0 Å². The smallest absolute Gasteiger partial charge is 0.335 e. The number of carbonyl (C=O) groups is 2. The number of hydrogen-bond acceptors (Lipinski definition) is 9. The van der Waals surface area contributed by atoms with Crippen LogP contribution in [0.4, 0.5) is 28.1 Å². The molecule has 2 saturated heterocycles. The van der Waals surface area contributed by atoms with E-state index in [4.69, 9.17) is 29.5 Å². The summed E-state index contributed by atoms with van der Waals surface area (Å²) in [6.07, 6.45) is 0. The van der Waals surface area contributed by atoms with Gasteiger partial charge in [0.1, 0.15) is 0 Å². The molecule has 12 nitrogen and oxygen atoms in total. The van der Waals surface area contributed by atoms with Crippen molar-refractivity contribution in [2.24, 2.45) is 0 Å². The number of nitrogens with one attached hydrogen (secondary N) is 2. The largest absolute Gasteiger partial charge is 0.478 e. The first-order valence-electron chi connectivity index (χ1n) is 12.8. The van der Waals surface area contributed by atoms with Crippen LogP contribution >= 0.6 is 0 Å². The predicted molar refractivity (Wildman–Crippen MR) is 147 cm³/mol. The third kappa shape index (κ3) is 6.24. The van der Waals surface area contributed by atoms with Crippen LogP contribution in [0.15, 0.2) is 48.5 Å². The quantitative estimate of drug-likeness (QED) is 0.432. The summed E-state index contributed by atoms with van der Waals surface area (Å²) in [5.41, 5.74) is 2.00. The van der Waals surface area contributed by atoms with Crippen molar-refractivity contribution in [1.29, 1.82) is 0 Å². The number of carboxylic acid groups (broad SMARTS) is 1. The van der Waals surface area contributed by atoms with E-state index in [1.807, 2.05) is 12.1 Å². The maximum absolute atomic E-state index is 12.5. The maximum atomic E-state index is 12.5. The number of carbonyl (C=O) groups excluding carboxylic acids is 1. The first kappa shape index (κ1) is 26.3. The third-order valence-electron chi connectivity index (χ3n) is 6.65. The lowest BCUT2D eigenvalue weighted by molar-refractivity contribution is 0.0697. The lowest BCUT2D eigenvalue weighted by atomic mass is 10.2. The molecule has 2 aromatic carbocycles. The normalized spacial score (nSPS) is 19.4.